The maximum absolute atomic E-state index is 13.2. The van der Waals surface area contributed by atoms with Gasteiger partial charge in [-0.25, -0.2) is 23.2 Å². The monoisotopic (exact) mass is 464 g/mol. The van der Waals surface area contributed by atoms with Crippen molar-refractivity contribution >= 4 is 33.3 Å². The van der Waals surface area contributed by atoms with Crippen LogP contribution in [-0.4, -0.2) is 72.4 Å². The average molecular weight is 465 g/mol. The van der Waals surface area contributed by atoms with Gasteiger partial charge in [-0.2, -0.15) is 4.31 Å². The van der Waals surface area contributed by atoms with Crippen molar-refractivity contribution in [3.05, 3.63) is 24.4 Å². The summed E-state index contributed by atoms with van der Waals surface area (Å²) in [5, 5.41) is 5.91. The van der Waals surface area contributed by atoms with Gasteiger partial charge in [0.05, 0.1) is 10.6 Å². The number of anilines is 1. The summed E-state index contributed by atoms with van der Waals surface area (Å²) < 4.78 is 28.5. The Balaban J connectivity index is 1.45. The van der Waals surface area contributed by atoms with E-state index < -0.39 is 10.0 Å². The van der Waals surface area contributed by atoms with Gasteiger partial charge in [0.1, 0.15) is 4.21 Å². The molecule has 168 valence electrons. The van der Waals surface area contributed by atoms with E-state index in [1.165, 1.54) is 11.3 Å². The van der Waals surface area contributed by atoms with Gasteiger partial charge in [0, 0.05) is 45.0 Å². The zero-order chi connectivity index (χ0) is 21.8. The van der Waals surface area contributed by atoms with Crippen molar-refractivity contribution in [3.63, 3.8) is 0 Å². The first-order valence-electron chi connectivity index (χ1n) is 10.7. The zero-order valence-electron chi connectivity index (χ0n) is 17.6. The number of carbonyl (C=O) groups is 1. The van der Waals surface area contributed by atoms with Crippen LogP contribution in [0, 0.1) is 0 Å². The molecule has 1 unspecified atom stereocenters. The van der Waals surface area contributed by atoms with Crippen LogP contribution in [-0.2, 0) is 10.0 Å². The first kappa shape index (κ1) is 22.0. The van der Waals surface area contributed by atoms with E-state index in [1.54, 1.807) is 27.5 Å². The SMILES string of the molecule is CCC1CCCCN1S(=O)(=O)c1ccc(-c2ccnc(NCCN3CCNC3=O)n2)s1. The third kappa shape index (κ3) is 4.83. The van der Waals surface area contributed by atoms with Gasteiger partial charge in [-0.15, -0.1) is 11.3 Å². The molecule has 0 aromatic carbocycles. The van der Waals surface area contributed by atoms with Gasteiger partial charge in [-0.05, 0) is 37.5 Å². The van der Waals surface area contributed by atoms with Crippen LogP contribution in [0.5, 0.6) is 0 Å². The van der Waals surface area contributed by atoms with Crippen LogP contribution in [0.2, 0.25) is 0 Å². The first-order valence-corrected chi connectivity index (χ1v) is 13.0. The molecule has 2 aliphatic rings. The van der Waals surface area contributed by atoms with Gasteiger partial charge in [0.25, 0.3) is 10.0 Å². The van der Waals surface area contributed by atoms with E-state index >= 15 is 0 Å². The number of hydrogen-bond donors (Lipinski definition) is 2. The van der Waals surface area contributed by atoms with Gasteiger partial charge in [-0.1, -0.05) is 13.3 Å². The zero-order valence-corrected chi connectivity index (χ0v) is 19.2. The van der Waals surface area contributed by atoms with Gasteiger partial charge in [-0.3, -0.25) is 0 Å². The van der Waals surface area contributed by atoms with Crippen molar-refractivity contribution in [1.82, 2.24) is 24.5 Å². The summed E-state index contributed by atoms with van der Waals surface area (Å²) in [6, 6.07) is 5.29. The lowest BCUT2D eigenvalue weighted by Gasteiger charge is -2.33. The third-order valence-electron chi connectivity index (χ3n) is 5.71. The highest BCUT2D eigenvalue weighted by molar-refractivity contribution is 7.91. The van der Waals surface area contributed by atoms with Crippen molar-refractivity contribution in [2.24, 2.45) is 0 Å². The summed E-state index contributed by atoms with van der Waals surface area (Å²) in [6.45, 7) is 5.10. The van der Waals surface area contributed by atoms with E-state index in [2.05, 4.69) is 20.6 Å². The number of urea groups is 1. The van der Waals surface area contributed by atoms with Crippen LogP contribution in [0.1, 0.15) is 32.6 Å². The number of hydrogen-bond acceptors (Lipinski definition) is 7. The fourth-order valence-corrected chi connectivity index (χ4v) is 7.19. The molecule has 2 amide bonds. The summed E-state index contributed by atoms with van der Waals surface area (Å²) in [6.07, 6.45) is 5.40. The van der Waals surface area contributed by atoms with E-state index in [0.717, 1.165) is 30.6 Å². The Labute approximate surface area is 186 Å². The number of amides is 2. The Morgan fingerprint density at radius 2 is 2.13 bits per heavy atom. The number of thiophene rings is 1. The summed E-state index contributed by atoms with van der Waals surface area (Å²) in [7, 11) is -3.50. The van der Waals surface area contributed by atoms with E-state index in [4.69, 9.17) is 0 Å². The maximum atomic E-state index is 13.2. The molecule has 4 heterocycles. The van der Waals surface area contributed by atoms with Gasteiger partial charge in [0.2, 0.25) is 5.95 Å². The van der Waals surface area contributed by atoms with Crippen molar-refractivity contribution < 1.29 is 13.2 Å². The van der Waals surface area contributed by atoms with Gasteiger partial charge < -0.3 is 15.5 Å². The molecule has 4 rings (SSSR count). The summed E-state index contributed by atoms with van der Waals surface area (Å²) >= 11 is 1.24. The standard InChI is InChI=1S/C20H28N6O3S2/c1-2-15-5-3-4-12-26(15)31(28,29)18-7-6-17(30-18)16-8-9-21-19(24-16)22-10-13-25-14-11-23-20(25)27/h6-9,15H,2-5,10-14H2,1H3,(H,23,27)(H,21,22,24). The number of piperidine rings is 1. The molecule has 2 fully saturated rings. The quantitative estimate of drug-likeness (QED) is 0.622. The lowest BCUT2D eigenvalue weighted by atomic mass is 10.0. The predicted octanol–water partition coefficient (Wildman–Crippen LogP) is 2.60. The fraction of sp³-hybridized carbons (Fsp3) is 0.550. The van der Waals surface area contributed by atoms with E-state index in [-0.39, 0.29) is 12.1 Å². The van der Waals surface area contributed by atoms with Crippen LogP contribution >= 0.6 is 11.3 Å². The molecular formula is C20H28N6O3S2. The van der Waals surface area contributed by atoms with Crippen molar-refractivity contribution in [2.45, 2.75) is 42.9 Å². The molecule has 2 saturated heterocycles. The molecular weight excluding hydrogens is 436 g/mol. The van der Waals surface area contributed by atoms with Gasteiger partial charge >= 0.3 is 6.03 Å². The normalized spacial score (nSPS) is 20.1. The highest BCUT2D eigenvalue weighted by Crippen LogP contribution is 2.34. The minimum absolute atomic E-state index is 0.0530. The van der Waals surface area contributed by atoms with Gasteiger partial charge in [0.15, 0.2) is 0 Å². The Bertz CT molecular complexity index is 1030. The molecule has 11 heteroatoms. The minimum atomic E-state index is -3.50. The first-order chi connectivity index (χ1) is 15.0. The molecule has 0 bridgehead atoms. The van der Waals surface area contributed by atoms with Crippen molar-refractivity contribution in [3.8, 4) is 10.6 Å². The minimum Gasteiger partial charge on any atom is -0.352 e. The van der Waals surface area contributed by atoms with Crippen LogP contribution in [0.3, 0.4) is 0 Å². The molecule has 1 atom stereocenters. The Morgan fingerprint density at radius 1 is 1.26 bits per heavy atom. The van der Waals surface area contributed by atoms with E-state index in [0.29, 0.717) is 48.6 Å². The molecule has 0 spiro atoms. The Hall–Kier alpha value is -2.24. The number of nitrogens with zero attached hydrogens (tertiary/aromatic N) is 4. The highest BCUT2D eigenvalue weighted by Gasteiger charge is 2.33. The second-order valence-electron chi connectivity index (χ2n) is 7.70. The lowest BCUT2D eigenvalue weighted by Crippen LogP contribution is -2.42. The molecule has 0 saturated carbocycles. The number of sulfonamides is 1. The summed E-state index contributed by atoms with van der Waals surface area (Å²) in [5.41, 5.74) is 0.675. The molecule has 9 nitrogen and oxygen atoms in total. The largest absolute Gasteiger partial charge is 0.352 e. The van der Waals surface area contributed by atoms with E-state index in [9.17, 15) is 13.2 Å². The number of rotatable bonds is 8. The highest BCUT2D eigenvalue weighted by atomic mass is 32.2. The van der Waals surface area contributed by atoms with Crippen LogP contribution in [0.4, 0.5) is 10.7 Å². The van der Waals surface area contributed by atoms with Crippen LogP contribution < -0.4 is 10.6 Å². The molecule has 31 heavy (non-hydrogen) atoms. The molecule has 2 N–H and O–H groups in total. The number of carbonyl (C=O) groups excluding carboxylic acids is 1. The fourth-order valence-electron chi connectivity index (χ4n) is 4.02. The Kier molecular flexibility index (Phi) is 6.73. The number of aromatic nitrogens is 2. The summed E-state index contributed by atoms with van der Waals surface area (Å²) in [5.74, 6) is 0.456. The molecule has 0 aliphatic carbocycles. The maximum Gasteiger partial charge on any atom is 0.317 e. The Morgan fingerprint density at radius 3 is 2.90 bits per heavy atom. The number of nitrogens with one attached hydrogen (secondary N) is 2. The molecule has 2 aromatic heterocycles. The second-order valence-corrected chi connectivity index (χ2v) is 10.9. The smallest absolute Gasteiger partial charge is 0.317 e. The molecule has 2 aliphatic heterocycles. The van der Waals surface area contributed by atoms with Crippen molar-refractivity contribution in [1.29, 1.82) is 0 Å². The van der Waals surface area contributed by atoms with Crippen molar-refractivity contribution in [2.75, 3.05) is 38.0 Å². The third-order valence-corrected chi connectivity index (χ3v) is 9.23. The predicted molar refractivity (Wildman–Crippen MR) is 121 cm³/mol. The summed E-state index contributed by atoms with van der Waals surface area (Å²) in [4.78, 5) is 22.9. The topological polar surface area (TPSA) is 108 Å². The lowest BCUT2D eigenvalue weighted by molar-refractivity contribution is 0.219. The molecule has 2 aromatic rings. The second kappa shape index (κ2) is 9.49. The molecule has 0 radical (unpaired) electrons. The average Bonchev–Trinajstić information content (AvgIpc) is 3.44. The van der Waals surface area contributed by atoms with Crippen LogP contribution in [0.15, 0.2) is 28.6 Å². The van der Waals surface area contributed by atoms with E-state index in [1.807, 2.05) is 13.0 Å². The van der Waals surface area contributed by atoms with Crippen LogP contribution in [0.25, 0.3) is 10.6 Å².